The summed E-state index contributed by atoms with van der Waals surface area (Å²) in [6.45, 7) is 1.97. The van der Waals surface area contributed by atoms with Gasteiger partial charge in [-0.2, -0.15) is 5.10 Å². The fourth-order valence-corrected chi connectivity index (χ4v) is 2.47. The summed E-state index contributed by atoms with van der Waals surface area (Å²) in [5, 5.41) is 14.7. The highest BCUT2D eigenvalue weighted by atomic mass is 16.6. The van der Waals surface area contributed by atoms with Crippen molar-refractivity contribution in [2.24, 2.45) is 5.10 Å². The van der Waals surface area contributed by atoms with Gasteiger partial charge in [0.05, 0.1) is 11.1 Å². The number of non-ortho nitro benzene ring substituents is 1. The van der Waals surface area contributed by atoms with Crippen LogP contribution in [0.15, 0.2) is 45.9 Å². The number of furan rings is 1. The molecule has 3 rings (SSSR count). The van der Waals surface area contributed by atoms with Gasteiger partial charge in [0.2, 0.25) is 0 Å². The number of carbonyl (C=O) groups excluding carboxylic acids is 1. The van der Waals surface area contributed by atoms with Gasteiger partial charge in [0, 0.05) is 23.7 Å². The quantitative estimate of drug-likeness (QED) is 0.430. The Bertz CT molecular complexity index is 816. The highest BCUT2D eigenvalue weighted by Gasteiger charge is 2.26. The molecule has 0 aliphatic carbocycles. The van der Waals surface area contributed by atoms with Crippen LogP contribution in [0.1, 0.15) is 19.1 Å². The Hall–Kier alpha value is -3.04. The number of nitrogens with zero attached hydrogens (tertiary/aromatic N) is 2. The lowest BCUT2D eigenvalue weighted by Crippen LogP contribution is -2.41. The van der Waals surface area contributed by atoms with Crippen molar-refractivity contribution < 1.29 is 14.1 Å². The molecule has 9 nitrogen and oxygen atoms in total. The van der Waals surface area contributed by atoms with Crippen molar-refractivity contribution in [3.63, 3.8) is 0 Å². The van der Waals surface area contributed by atoms with Gasteiger partial charge in [0.1, 0.15) is 17.6 Å². The SMILES string of the molecule is CC1CC(C(=O)N/N=C/c2ccc(-c3cccc([N+](=O)[O-])c3)o2)NN1. The molecule has 1 saturated heterocycles. The van der Waals surface area contributed by atoms with Crippen molar-refractivity contribution in [1.29, 1.82) is 0 Å². The lowest BCUT2D eigenvalue weighted by molar-refractivity contribution is -0.384. The number of rotatable bonds is 5. The summed E-state index contributed by atoms with van der Waals surface area (Å²) in [6.07, 6.45) is 2.06. The van der Waals surface area contributed by atoms with E-state index in [2.05, 4.69) is 21.4 Å². The van der Waals surface area contributed by atoms with Crippen LogP contribution in [0.4, 0.5) is 5.69 Å². The number of benzene rings is 1. The molecule has 0 bridgehead atoms. The summed E-state index contributed by atoms with van der Waals surface area (Å²) in [5.41, 5.74) is 8.87. The topological polar surface area (TPSA) is 122 Å². The third-order valence-corrected chi connectivity index (χ3v) is 3.74. The molecule has 130 valence electrons. The van der Waals surface area contributed by atoms with Gasteiger partial charge in [-0.05, 0) is 25.5 Å². The van der Waals surface area contributed by atoms with E-state index in [4.69, 9.17) is 4.42 Å². The van der Waals surface area contributed by atoms with Crippen LogP contribution in [0.3, 0.4) is 0 Å². The number of amides is 1. The smallest absolute Gasteiger partial charge is 0.270 e. The number of nitro benzene ring substituents is 1. The van der Waals surface area contributed by atoms with Crippen molar-refractivity contribution in [1.82, 2.24) is 16.3 Å². The van der Waals surface area contributed by atoms with Gasteiger partial charge in [-0.15, -0.1) is 0 Å². The summed E-state index contributed by atoms with van der Waals surface area (Å²) in [6, 6.07) is 9.40. The highest BCUT2D eigenvalue weighted by molar-refractivity contribution is 5.84. The van der Waals surface area contributed by atoms with Crippen LogP contribution in [0.2, 0.25) is 0 Å². The Labute approximate surface area is 143 Å². The Balaban J connectivity index is 1.62. The van der Waals surface area contributed by atoms with E-state index in [9.17, 15) is 14.9 Å². The van der Waals surface area contributed by atoms with Crippen molar-refractivity contribution >= 4 is 17.8 Å². The van der Waals surface area contributed by atoms with Crippen molar-refractivity contribution in [3.05, 3.63) is 52.3 Å². The molecule has 2 heterocycles. The van der Waals surface area contributed by atoms with Crippen LogP contribution >= 0.6 is 0 Å². The molecule has 9 heteroatoms. The van der Waals surface area contributed by atoms with Crippen molar-refractivity contribution in [2.45, 2.75) is 25.4 Å². The Morgan fingerprint density at radius 3 is 2.96 bits per heavy atom. The molecule has 25 heavy (non-hydrogen) atoms. The predicted molar refractivity (Wildman–Crippen MR) is 90.7 cm³/mol. The number of hydrogen-bond donors (Lipinski definition) is 3. The largest absolute Gasteiger partial charge is 0.455 e. The van der Waals surface area contributed by atoms with Gasteiger partial charge in [-0.25, -0.2) is 10.9 Å². The van der Waals surface area contributed by atoms with E-state index >= 15 is 0 Å². The number of hydrazine groups is 1. The lowest BCUT2D eigenvalue weighted by atomic mass is 10.1. The van der Waals surface area contributed by atoms with E-state index < -0.39 is 4.92 Å². The molecular weight excluding hydrogens is 326 g/mol. The molecule has 1 aliphatic rings. The second kappa shape index (κ2) is 7.24. The third-order valence-electron chi connectivity index (χ3n) is 3.74. The van der Waals surface area contributed by atoms with E-state index in [0.29, 0.717) is 23.5 Å². The zero-order valence-corrected chi connectivity index (χ0v) is 13.4. The first-order chi connectivity index (χ1) is 12.0. The monoisotopic (exact) mass is 343 g/mol. The summed E-state index contributed by atoms with van der Waals surface area (Å²) in [7, 11) is 0. The van der Waals surface area contributed by atoms with Gasteiger partial charge in [0.15, 0.2) is 0 Å². The molecule has 0 saturated carbocycles. The maximum absolute atomic E-state index is 11.9. The van der Waals surface area contributed by atoms with Gasteiger partial charge >= 0.3 is 0 Å². The molecule has 1 aromatic carbocycles. The summed E-state index contributed by atoms with van der Waals surface area (Å²) >= 11 is 0. The second-order valence-electron chi connectivity index (χ2n) is 5.72. The molecule has 0 radical (unpaired) electrons. The lowest BCUT2D eigenvalue weighted by Gasteiger charge is -2.05. The highest BCUT2D eigenvalue weighted by Crippen LogP contribution is 2.25. The minimum Gasteiger partial charge on any atom is -0.455 e. The normalized spacial score (nSPS) is 20.0. The minimum absolute atomic E-state index is 0.0109. The Morgan fingerprint density at radius 2 is 2.24 bits per heavy atom. The van der Waals surface area contributed by atoms with Crippen LogP contribution in [-0.2, 0) is 4.79 Å². The van der Waals surface area contributed by atoms with Crippen LogP contribution < -0.4 is 16.3 Å². The molecule has 1 fully saturated rings. The van der Waals surface area contributed by atoms with Crippen LogP contribution in [0.5, 0.6) is 0 Å². The standard InChI is InChI=1S/C16H17N5O4/c1-10-7-14(19-18-10)16(22)20-17-9-13-5-6-15(25-13)11-3-2-4-12(8-11)21(23)24/h2-6,8-10,14,18-19H,7H2,1H3,(H,20,22)/b17-9+. The predicted octanol–water partition coefficient (Wildman–Crippen LogP) is 1.56. The fourth-order valence-electron chi connectivity index (χ4n) is 2.47. The minimum atomic E-state index is -0.461. The van der Waals surface area contributed by atoms with E-state index in [1.807, 2.05) is 6.92 Å². The Kier molecular flexibility index (Phi) is 4.87. The maximum Gasteiger partial charge on any atom is 0.270 e. The van der Waals surface area contributed by atoms with Gasteiger partial charge in [-0.3, -0.25) is 20.3 Å². The number of carbonyl (C=O) groups is 1. The molecule has 1 aromatic heterocycles. The van der Waals surface area contributed by atoms with Crippen molar-refractivity contribution in [2.75, 3.05) is 0 Å². The average molecular weight is 343 g/mol. The van der Waals surface area contributed by atoms with Crippen LogP contribution in [-0.4, -0.2) is 29.1 Å². The fraction of sp³-hybridized carbons (Fsp3) is 0.250. The average Bonchev–Trinajstić information content (AvgIpc) is 3.24. The molecule has 1 aliphatic heterocycles. The van der Waals surface area contributed by atoms with E-state index in [-0.39, 0.29) is 23.7 Å². The zero-order chi connectivity index (χ0) is 17.8. The van der Waals surface area contributed by atoms with Gasteiger partial charge in [0.25, 0.3) is 11.6 Å². The molecule has 1 amide bonds. The van der Waals surface area contributed by atoms with Gasteiger partial charge in [-0.1, -0.05) is 12.1 Å². The van der Waals surface area contributed by atoms with E-state index in [0.717, 1.165) is 0 Å². The van der Waals surface area contributed by atoms with Crippen molar-refractivity contribution in [3.8, 4) is 11.3 Å². The molecule has 2 aromatic rings. The number of hydrogen-bond acceptors (Lipinski definition) is 7. The summed E-state index contributed by atoms with van der Waals surface area (Å²) in [5.74, 6) is 0.665. The zero-order valence-electron chi connectivity index (χ0n) is 13.4. The van der Waals surface area contributed by atoms with E-state index in [1.165, 1.54) is 18.3 Å². The molecule has 2 atom stereocenters. The molecule has 3 N–H and O–H groups in total. The first-order valence-corrected chi connectivity index (χ1v) is 7.71. The van der Waals surface area contributed by atoms with E-state index in [1.54, 1.807) is 24.3 Å². The summed E-state index contributed by atoms with van der Waals surface area (Å²) < 4.78 is 5.58. The van der Waals surface area contributed by atoms with Crippen LogP contribution in [0.25, 0.3) is 11.3 Å². The molecule has 0 spiro atoms. The maximum atomic E-state index is 11.9. The number of hydrazone groups is 1. The van der Waals surface area contributed by atoms with Gasteiger partial charge < -0.3 is 4.42 Å². The first kappa shape index (κ1) is 16.8. The third kappa shape index (κ3) is 4.08. The molecule has 2 unspecified atom stereocenters. The summed E-state index contributed by atoms with van der Waals surface area (Å²) in [4.78, 5) is 22.3. The molecular formula is C16H17N5O4. The van der Waals surface area contributed by atoms with Crippen LogP contribution in [0, 0.1) is 10.1 Å². The number of nitrogens with one attached hydrogen (secondary N) is 3. The first-order valence-electron chi connectivity index (χ1n) is 7.71. The Morgan fingerprint density at radius 1 is 1.40 bits per heavy atom. The second-order valence-corrected chi connectivity index (χ2v) is 5.72. The number of nitro groups is 1.